The van der Waals surface area contributed by atoms with Gasteiger partial charge in [-0.05, 0) is 55.2 Å². The zero-order valence-electron chi connectivity index (χ0n) is 15.1. The molecule has 1 aliphatic rings. The fraction of sp³-hybridized carbons (Fsp3) is 0.333. The van der Waals surface area contributed by atoms with Gasteiger partial charge in [-0.3, -0.25) is 9.59 Å². The van der Waals surface area contributed by atoms with Crippen molar-refractivity contribution in [2.45, 2.75) is 25.9 Å². The molecule has 1 N–H and O–H groups in total. The van der Waals surface area contributed by atoms with Gasteiger partial charge in [-0.15, -0.1) is 0 Å². The summed E-state index contributed by atoms with van der Waals surface area (Å²) >= 11 is 0. The maximum absolute atomic E-state index is 12.2. The van der Waals surface area contributed by atoms with Crippen LogP contribution in [0.2, 0.25) is 0 Å². The van der Waals surface area contributed by atoms with Crippen LogP contribution in [-0.4, -0.2) is 38.1 Å². The highest BCUT2D eigenvalue weighted by Gasteiger charge is 2.17. The Morgan fingerprint density at radius 3 is 2.50 bits per heavy atom. The number of carbonyl (C=O) groups excluding carboxylic acids is 2. The number of hydrogen-bond acceptors (Lipinski definition) is 4. The first-order chi connectivity index (χ1) is 12.6. The van der Waals surface area contributed by atoms with E-state index in [9.17, 15) is 9.59 Å². The number of hydrogen-bond donors (Lipinski definition) is 1. The molecule has 2 aromatic rings. The summed E-state index contributed by atoms with van der Waals surface area (Å²) in [7, 11) is 1.55. The van der Waals surface area contributed by atoms with Crippen molar-refractivity contribution in [3.63, 3.8) is 0 Å². The molecule has 26 heavy (non-hydrogen) atoms. The minimum absolute atomic E-state index is 0.0474. The van der Waals surface area contributed by atoms with Gasteiger partial charge in [0.25, 0.3) is 5.91 Å². The van der Waals surface area contributed by atoms with Gasteiger partial charge in [-0.2, -0.15) is 0 Å². The summed E-state index contributed by atoms with van der Waals surface area (Å²) in [5.74, 6) is 0.409. The molecule has 0 saturated carbocycles. The molecule has 1 unspecified atom stereocenters. The van der Waals surface area contributed by atoms with Gasteiger partial charge in [-0.1, -0.05) is 18.2 Å². The smallest absolute Gasteiger partial charge is 0.251 e. The van der Waals surface area contributed by atoms with Gasteiger partial charge in [0.2, 0.25) is 0 Å². The summed E-state index contributed by atoms with van der Waals surface area (Å²) in [5.41, 5.74) is 2.99. The van der Waals surface area contributed by atoms with Crippen molar-refractivity contribution in [1.82, 2.24) is 5.32 Å². The first kappa shape index (κ1) is 18.1. The third kappa shape index (κ3) is 4.11. The summed E-state index contributed by atoms with van der Waals surface area (Å²) in [5, 5.41) is 2.91. The molecule has 1 aliphatic heterocycles. The third-order valence-corrected chi connectivity index (χ3v) is 4.57. The summed E-state index contributed by atoms with van der Waals surface area (Å²) < 4.78 is 10.7. The van der Waals surface area contributed by atoms with Gasteiger partial charge in [0.15, 0.2) is 5.78 Å². The summed E-state index contributed by atoms with van der Waals surface area (Å²) in [4.78, 5) is 24.0. The molecule has 1 amide bonds. The maximum Gasteiger partial charge on any atom is 0.251 e. The first-order valence-corrected chi connectivity index (χ1v) is 8.77. The number of carbonyl (C=O) groups is 2. The van der Waals surface area contributed by atoms with Crippen LogP contribution in [0.5, 0.6) is 5.75 Å². The third-order valence-electron chi connectivity index (χ3n) is 4.57. The Bertz CT molecular complexity index is 792. The highest BCUT2D eigenvalue weighted by atomic mass is 16.5. The van der Waals surface area contributed by atoms with E-state index >= 15 is 0 Å². The van der Waals surface area contributed by atoms with Gasteiger partial charge in [-0.25, -0.2) is 0 Å². The quantitative estimate of drug-likeness (QED) is 0.808. The van der Waals surface area contributed by atoms with E-state index in [-0.39, 0.29) is 17.8 Å². The predicted octanol–water partition coefficient (Wildman–Crippen LogP) is 3.47. The Kier molecular flexibility index (Phi) is 5.68. The molecule has 1 fully saturated rings. The molecule has 0 bridgehead atoms. The molecular weight excluding hydrogens is 330 g/mol. The van der Waals surface area contributed by atoms with E-state index < -0.39 is 0 Å². The molecule has 1 saturated heterocycles. The van der Waals surface area contributed by atoms with Gasteiger partial charge in [0, 0.05) is 18.7 Å². The molecule has 136 valence electrons. The number of benzene rings is 2. The first-order valence-electron chi connectivity index (χ1n) is 8.77. The fourth-order valence-corrected chi connectivity index (χ4v) is 3.09. The fourth-order valence-electron chi connectivity index (χ4n) is 3.09. The summed E-state index contributed by atoms with van der Waals surface area (Å²) in [6.07, 6.45) is 2.18. The summed E-state index contributed by atoms with van der Waals surface area (Å²) in [6, 6.07) is 12.8. The van der Waals surface area contributed by atoms with Crippen LogP contribution in [0.25, 0.3) is 11.1 Å². The van der Waals surface area contributed by atoms with E-state index in [1.807, 2.05) is 24.3 Å². The number of ketones is 1. The minimum Gasteiger partial charge on any atom is -0.496 e. The van der Waals surface area contributed by atoms with Crippen molar-refractivity contribution in [2.75, 3.05) is 20.3 Å². The lowest BCUT2D eigenvalue weighted by Crippen LogP contribution is -2.31. The molecule has 1 heterocycles. The van der Waals surface area contributed by atoms with Crippen molar-refractivity contribution in [2.24, 2.45) is 0 Å². The van der Waals surface area contributed by atoms with Crippen molar-refractivity contribution in [3.05, 3.63) is 53.6 Å². The van der Waals surface area contributed by atoms with E-state index in [0.717, 1.165) is 30.6 Å². The Balaban J connectivity index is 1.71. The molecular formula is C21H23NO4. The monoisotopic (exact) mass is 353 g/mol. The van der Waals surface area contributed by atoms with Crippen LogP contribution in [0.1, 0.15) is 40.5 Å². The Morgan fingerprint density at radius 2 is 1.88 bits per heavy atom. The van der Waals surface area contributed by atoms with E-state index in [0.29, 0.717) is 23.4 Å². The molecule has 1 atom stereocenters. The standard InChI is InChI=1S/C21H23NO4/c1-14(23)19-12-17(9-10-20(19)25-2)15-5-7-16(8-6-15)21(24)22-13-18-4-3-11-26-18/h5-10,12,18H,3-4,11,13H2,1-2H3,(H,22,24). The zero-order valence-corrected chi connectivity index (χ0v) is 15.1. The topological polar surface area (TPSA) is 64.6 Å². The van der Waals surface area contributed by atoms with E-state index in [1.54, 1.807) is 25.3 Å². The average Bonchev–Trinajstić information content (AvgIpc) is 3.19. The van der Waals surface area contributed by atoms with Crippen LogP contribution in [0.15, 0.2) is 42.5 Å². The van der Waals surface area contributed by atoms with Gasteiger partial charge < -0.3 is 14.8 Å². The predicted molar refractivity (Wildman–Crippen MR) is 99.7 cm³/mol. The molecule has 0 aliphatic carbocycles. The maximum atomic E-state index is 12.2. The SMILES string of the molecule is COc1ccc(-c2ccc(C(=O)NCC3CCCO3)cc2)cc1C(C)=O. The second-order valence-corrected chi connectivity index (χ2v) is 6.39. The van der Waals surface area contributed by atoms with Gasteiger partial charge in [0.05, 0.1) is 18.8 Å². The largest absolute Gasteiger partial charge is 0.496 e. The molecule has 2 aromatic carbocycles. The highest BCUT2D eigenvalue weighted by Crippen LogP contribution is 2.27. The lowest BCUT2D eigenvalue weighted by Gasteiger charge is -2.11. The van der Waals surface area contributed by atoms with Crippen molar-refractivity contribution >= 4 is 11.7 Å². The van der Waals surface area contributed by atoms with E-state index in [4.69, 9.17) is 9.47 Å². The number of ether oxygens (including phenoxy) is 2. The van der Waals surface area contributed by atoms with Crippen LogP contribution < -0.4 is 10.1 Å². The second-order valence-electron chi connectivity index (χ2n) is 6.39. The van der Waals surface area contributed by atoms with E-state index in [2.05, 4.69) is 5.32 Å². The van der Waals surface area contributed by atoms with E-state index in [1.165, 1.54) is 6.92 Å². The highest BCUT2D eigenvalue weighted by molar-refractivity contribution is 5.98. The molecule has 3 rings (SSSR count). The average molecular weight is 353 g/mol. The van der Waals surface area contributed by atoms with Crippen LogP contribution in [-0.2, 0) is 4.74 Å². The normalized spacial score (nSPS) is 16.3. The van der Waals surface area contributed by atoms with Crippen LogP contribution in [0.4, 0.5) is 0 Å². The number of rotatable bonds is 6. The lowest BCUT2D eigenvalue weighted by atomic mass is 9.99. The van der Waals surface area contributed by atoms with Crippen LogP contribution in [0, 0.1) is 0 Å². The zero-order chi connectivity index (χ0) is 18.5. The Labute approximate surface area is 153 Å². The van der Waals surface area contributed by atoms with Gasteiger partial charge in [0.1, 0.15) is 5.75 Å². The lowest BCUT2D eigenvalue weighted by molar-refractivity contribution is 0.0857. The molecule has 0 radical (unpaired) electrons. The number of nitrogens with one attached hydrogen (secondary N) is 1. The Morgan fingerprint density at radius 1 is 1.15 bits per heavy atom. The van der Waals surface area contributed by atoms with Crippen molar-refractivity contribution in [1.29, 1.82) is 0 Å². The van der Waals surface area contributed by atoms with Crippen molar-refractivity contribution < 1.29 is 19.1 Å². The second kappa shape index (κ2) is 8.15. The number of Topliss-reactive ketones (excluding diaryl/α,β-unsaturated/α-hetero) is 1. The number of methoxy groups -OCH3 is 1. The van der Waals surface area contributed by atoms with Gasteiger partial charge >= 0.3 is 0 Å². The molecule has 0 spiro atoms. The Hall–Kier alpha value is -2.66. The molecule has 5 nitrogen and oxygen atoms in total. The minimum atomic E-state index is -0.105. The van der Waals surface area contributed by atoms with Crippen LogP contribution in [0.3, 0.4) is 0 Å². The van der Waals surface area contributed by atoms with Crippen molar-refractivity contribution in [3.8, 4) is 16.9 Å². The molecule has 0 aromatic heterocycles. The molecule has 5 heteroatoms. The summed E-state index contributed by atoms with van der Waals surface area (Å²) in [6.45, 7) is 2.84. The van der Waals surface area contributed by atoms with Crippen LogP contribution >= 0.6 is 0 Å². The number of amides is 1.